The first-order valence-electron chi connectivity index (χ1n) is 14.0. The largest absolute Gasteiger partial charge is 0.384 e. The molecule has 0 N–H and O–H groups in total. The summed E-state index contributed by atoms with van der Waals surface area (Å²) in [4.78, 5) is 13.7. The minimum atomic E-state index is -0.264. The van der Waals surface area contributed by atoms with E-state index in [1.54, 1.807) is 10.7 Å². The zero-order valence-electron chi connectivity index (χ0n) is 21.6. The van der Waals surface area contributed by atoms with E-state index in [9.17, 15) is 9.18 Å². The van der Waals surface area contributed by atoms with Crippen LogP contribution in [0.1, 0.15) is 71.6 Å². The van der Waals surface area contributed by atoms with Gasteiger partial charge in [0.15, 0.2) is 5.78 Å². The van der Waals surface area contributed by atoms with Gasteiger partial charge in [-0.15, -0.1) is 0 Å². The number of aromatic nitrogens is 2. The van der Waals surface area contributed by atoms with Crippen LogP contribution in [0, 0.1) is 52.2 Å². The van der Waals surface area contributed by atoms with Gasteiger partial charge in [-0.3, -0.25) is 9.48 Å². The van der Waals surface area contributed by atoms with Crippen molar-refractivity contribution in [1.29, 1.82) is 0 Å². The normalized spacial score (nSPS) is 40.8. The highest BCUT2D eigenvalue weighted by molar-refractivity contribution is 5.83. The summed E-state index contributed by atoms with van der Waals surface area (Å²) in [5.41, 5.74) is 1.20. The van der Waals surface area contributed by atoms with Crippen LogP contribution in [0.3, 0.4) is 0 Å². The number of fused-ring (bicyclic) bond motifs is 6. The molecule has 0 radical (unpaired) electrons. The topological polar surface area (TPSA) is 44.1 Å². The predicted octanol–water partition coefficient (Wildman–Crippen LogP) is 6.67. The first-order chi connectivity index (χ1) is 16.8. The molecule has 4 fully saturated rings. The molecule has 5 heteroatoms. The van der Waals surface area contributed by atoms with Gasteiger partial charge in [0.2, 0.25) is 0 Å². The second-order valence-corrected chi connectivity index (χ2v) is 12.9. The minimum Gasteiger partial charge on any atom is -0.384 e. The number of hydrogen-bond donors (Lipinski definition) is 0. The molecule has 8 unspecified atom stereocenters. The number of ketones is 1. The molecule has 190 valence electrons. The standard InChI is InChI=1S/C30H41FN2O2/c1-19-10-13-30(18-35-3)21(14-19)4-6-23-24-7-8-26(29(24,2)12-11-25(23)30)28(34)17-33-16-20-15-22(31)5-9-27(20)32-33/h5,9,15-16,19,21,23-26H,4,6-8,10-14,17-18H2,1-3H3. The Labute approximate surface area is 209 Å². The fourth-order valence-corrected chi connectivity index (χ4v) is 9.74. The number of Topliss-reactive ketones (excluding diaryl/α,β-unsaturated/α-hetero) is 1. The van der Waals surface area contributed by atoms with Crippen molar-refractivity contribution in [1.82, 2.24) is 9.78 Å². The van der Waals surface area contributed by atoms with Gasteiger partial charge in [-0.05, 0) is 110 Å². The summed E-state index contributed by atoms with van der Waals surface area (Å²) in [5, 5.41) is 5.31. The summed E-state index contributed by atoms with van der Waals surface area (Å²) in [5.74, 6) is 3.96. The Morgan fingerprint density at radius 3 is 2.83 bits per heavy atom. The third-order valence-corrected chi connectivity index (χ3v) is 11.3. The molecule has 4 aliphatic rings. The fourth-order valence-electron chi connectivity index (χ4n) is 9.74. The van der Waals surface area contributed by atoms with Gasteiger partial charge in [0.05, 0.1) is 18.7 Å². The van der Waals surface area contributed by atoms with E-state index >= 15 is 0 Å². The van der Waals surface area contributed by atoms with Gasteiger partial charge >= 0.3 is 0 Å². The van der Waals surface area contributed by atoms with Gasteiger partial charge in [-0.25, -0.2) is 4.39 Å². The highest BCUT2D eigenvalue weighted by Gasteiger charge is 2.62. The minimum absolute atomic E-state index is 0.0972. The van der Waals surface area contributed by atoms with Gasteiger partial charge in [-0.2, -0.15) is 5.10 Å². The molecule has 0 saturated heterocycles. The average molecular weight is 481 g/mol. The molecule has 1 heterocycles. The second-order valence-electron chi connectivity index (χ2n) is 12.9. The van der Waals surface area contributed by atoms with Crippen molar-refractivity contribution < 1.29 is 13.9 Å². The van der Waals surface area contributed by atoms with E-state index in [1.807, 2.05) is 13.3 Å². The number of nitrogens with zero attached hydrogens (tertiary/aromatic N) is 2. The molecule has 4 saturated carbocycles. The Morgan fingerprint density at radius 1 is 1.14 bits per heavy atom. The maximum atomic E-state index is 13.7. The lowest BCUT2D eigenvalue weighted by Crippen LogP contribution is -2.56. The lowest BCUT2D eigenvalue weighted by Gasteiger charge is -2.61. The Hall–Kier alpha value is -1.75. The lowest BCUT2D eigenvalue weighted by atomic mass is 9.44. The van der Waals surface area contributed by atoms with E-state index in [-0.39, 0.29) is 17.2 Å². The SMILES string of the molecule is COCC12CCC(C)CC1CCC1C3CCC(C(=O)Cn4cc5cc(F)ccc5n4)C3(C)CCC12. The van der Waals surface area contributed by atoms with Crippen LogP contribution in [0.15, 0.2) is 24.4 Å². The first-order valence-corrected chi connectivity index (χ1v) is 14.0. The van der Waals surface area contributed by atoms with Gasteiger partial charge in [0, 0.05) is 24.6 Å². The molecule has 1 aromatic carbocycles. The van der Waals surface area contributed by atoms with Crippen LogP contribution in [0.25, 0.3) is 10.9 Å². The number of methoxy groups -OCH3 is 1. The van der Waals surface area contributed by atoms with E-state index in [0.717, 1.165) is 54.0 Å². The summed E-state index contributed by atoms with van der Waals surface area (Å²) < 4.78 is 21.3. The monoisotopic (exact) mass is 480 g/mol. The maximum absolute atomic E-state index is 13.7. The molecule has 8 atom stereocenters. The number of benzene rings is 1. The third kappa shape index (κ3) is 3.70. The molecule has 0 amide bonds. The molecule has 4 nitrogen and oxygen atoms in total. The summed E-state index contributed by atoms with van der Waals surface area (Å²) in [6, 6.07) is 4.62. The molecule has 6 rings (SSSR count). The van der Waals surface area contributed by atoms with Crippen LogP contribution in [-0.2, 0) is 16.1 Å². The maximum Gasteiger partial charge on any atom is 0.157 e. The van der Waals surface area contributed by atoms with Gasteiger partial charge in [0.25, 0.3) is 0 Å². The molecule has 0 spiro atoms. The summed E-state index contributed by atoms with van der Waals surface area (Å²) in [6.07, 6.45) is 13.2. The number of ether oxygens (including phenoxy) is 1. The van der Waals surface area contributed by atoms with Crippen LogP contribution in [0.5, 0.6) is 0 Å². The van der Waals surface area contributed by atoms with E-state index in [2.05, 4.69) is 18.9 Å². The van der Waals surface area contributed by atoms with Crippen molar-refractivity contribution in [2.45, 2.75) is 78.2 Å². The van der Waals surface area contributed by atoms with Crippen molar-refractivity contribution in [3.63, 3.8) is 0 Å². The molecule has 0 aliphatic heterocycles. The number of halogens is 1. The smallest absolute Gasteiger partial charge is 0.157 e. The van der Waals surface area contributed by atoms with Gasteiger partial charge < -0.3 is 4.74 Å². The Kier molecular flexibility index (Phi) is 5.86. The van der Waals surface area contributed by atoms with Crippen LogP contribution >= 0.6 is 0 Å². The number of carbonyl (C=O) groups is 1. The summed E-state index contributed by atoms with van der Waals surface area (Å²) in [6.45, 7) is 6.08. The van der Waals surface area contributed by atoms with Crippen molar-refractivity contribution in [3.05, 3.63) is 30.2 Å². The predicted molar refractivity (Wildman–Crippen MR) is 135 cm³/mol. The zero-order chi connectivity index (χ0) is 24.4. The fraction of sp³-hybridized carbons (Fsp3) is 0.733. The molecule has 2 aromatic rings. The number of rotatable bonds is 5. The Morgan fingerprint density at radius 2 is 2.00 bits per heavy atom. The van der Waals surface area contributed by atoms with Crippen molar-refractivity contribution in [2.24, 2.45) is 46.3 Å². The highest BCUT2D eigenvalue weighted by Crippen LogP contribution is 2.68. The lowest BCUT2D eigenvalue weighted by molar-refractivity contribution is -0.154. The molecule has 4 aliphatic carbocycles. The van der Waals surface area contributed by atoms with E-state index in [4.69, 9.17) is 4.74 Å². The summed E-state index contributed by atoms with van der Waals surface area (Å²) >= 11 is 0. The third-order valence-electron chi connectivity index (χ3n) is 11.3. The quantitative estimate of drug-likeness (QED) is 0.480. The number of hydrogen-bond acceptors (Lipinski definition) is 3. The van der Waals surface area contributed by atoms with E-state index in [1.165, 1.54) is 57.1 Å². The van der Waals surface area contributed by atoms with E-state index < -0.39 is 0 Å². The second kappa shape index (κ2) is 8.68. The van der Waals surface area contributed by atoms with Crippen molar-refractivity contribution >= 4 is 16.7 Å². The van der Waals surface area contributed by atoms with E-state index in [0.29, 0.717) is 23.7 Å². The molecule has 35 heavy (non-hydrogen) atoms. The highest BCUT2D eigenvalue weighted by atomic mass is 19.1. The zero-order valence-corrected chi connectivity index (χ0v) is 21.6. The Balaban J connectivity index is 1.22. The molecule has 0 bridgehead atoms. The molecule has 1 aromatic heterocycles. The van der Waals surface area contributed by atoms with Crippen molar-refractivity contribution in [3.8, 4) is 0 Å². The molecular formula is C30H41FN2O2. The van der Waals surface area contributed by atoms with Crippen LogP contribution in [0.4, 0.5) is 4.39 Å². The van der Waals surface area contributed by atoms with Crippen LogP contribution in [-0.4, -0.2) is 29.3 Å². The van der Waals surface area contributed by atoms with Crippen LogP contribution < -0.4 is 0 Å². The van der Waals surface area contributed by atoms with Gasteiger partial charge in [0.1, 0.15) is 5.82 Å². The average Bonchev–Trinajstić information content (AvgIpc) is 3.38. The van der Waals surface area contributed by atoms with Gasteiger partial charge in [-0.1, -0.05) is 20.3 Å². The number of carbonyl (C=O) groups excluding carboxylic acids is 1. The molecular weight excluding hydrogens is 439 g/mol. The van der Waals surface area contributed by atoms with Crippen LogP contribution in [0.2, 0.25) is 0 Å². The van der Waals surface area contributed by atoms with Crippen molar-refractivity contribution in [2.75, 3.05) is 13.7 Å². The summed E-state index contributed by atoms with van der Waals surface area (Å²) in [7, 11) is 1.90. The first kappa shape index (κ1) is 23.6. The Bertz CT molecular complexity index is 1110.